The third kappa shape index (κ3) is 4.70. The number of ether oxygens (including phenoxy) is 1. The first kappa shape index (κ1) is 22.3. The average molecular weight is 401 g/mol. The molecule has 0 unspecified atom stereocenters. The number of halogens is 1. The molecule has 0 aliphatic rings. The number of anilines is 1. The standard InChI is InChI=1S/C17H29FN4O2SSi/c1-16(2,3)26(18,17(4,5)6)12-9-20-14(8-11(12)24-7)22-15(25)21-10-13(19)23/h8-9H,10H2,1-7H3,(H2,19,23)(H2,20,21,22,25). The molecule has 0 saturated heterocycles. The molecule has 0 fully saturated rings. The van der Waals surface area contributed by atoms with Crippen LogP contribution < -0.4 is 26.3 Å². The molecule has 1 rings (SSSR count). The fourth-order valence-corrected chi connectivity index (χ4v) is 7.99. The fraction of sp³-hybridized carbons (Fsp3) is 0.588. The minimum atomic E-state index is -3.51. The van der Waals surface area contributed by atoms with Crippen LogP contribution in [0.2, 0.25) is 10.1 Å². The second-order valence-corrected chi connectivity index (χ2v) is 13.5. The van der Waals surface area contributed by atoms with E-state index in [1.807, 2.05) is 41.5 Å². The van der Waals surface area contributed by atoms with Gasteiger partial charge in [0.1, 0.15) is 11.6 Å². The van der Waals surface area contributed by atoms with Crippen molar-refractivity contribution < 1.29 is 13.6 Å². The zero-order valence-corrected chi connectivity index (χ0v) is 18.3. The van der Waals surface area contributed by atoms with Gasteiger partial charge in [-0.3, -0.25) is 4.79 Å². The Bertz CT molecular complexity index is 672. The summed E-state index contributed by atoms with van der Waals surface area (Å²) in [5.41, 5.74) is 5.07. The summed E-state index contributed by atoms with van der Waals surface area (Å²) in [6.07, 6.45) is 1.53. The van der Waals surface area contributed by atoms with E-state index in [9.17, 15) is 4.79 Å². The lowest BCUT2D eigenvalue weighted by Gasteiger charge is -2.45. The number of amides is 1. The number of rotatable bonds is 5. The van der Waals surface area contributed by atoms with Gasteiger partial charge in [-0.05, 0) is 22.3 Å². The van der Waals surface area contributed by atoms with Crippen LogP contribution in [-0.4, -0.2) is 38.1 Å². The lowest BCUT2D eigenvalue weighted by Crippen LogP contribution is -2.58. The maximum atomic E-state index is 16.5. The minimum absolute atomic E-state index is 0.0877. The second-order valence-electron chi connectivity index (χ2n) is 8.20. The number of hydrogen-bond donors (Lipinski definition) is 3. The SMILES string of the molecule is COc1cc(NC(=S)NCC(N)=O)ncc1[Si](F)(C(C)(C)C)C(C)(C)C. The molecule has 4 N–H and O–H groups in total. The Morgan fingerprint density at radius 1 is 1.31 bits per heavy atom. The number of nitrogens with zero attached hydrogens (tertiary/aromatic N) is 1. The number of primary amides is 1. The van der Waals surface area contributed by atoms with E-state index in [1.165, 1.54) is 13.3 Å². The summed E-state index contributed by atoms with van der Waals surface area (Å²) in [5.74, 6) is 0.296. The Morgan fingerprint density at radius 2 is 1.85 bits per heavy atom. The Labute approximate surface area is 161 Å². The van der Waals surface area contributed by atoms with Crippen molar-refractivity contribution in [3.8, 4) is 5.75 Å². The highest BCUT2D eigenvalue weighted by Gasteiger charge is 2.58. The second kappa shape index (κ2) is 7.87. The summed E-state index contributed by atoms with van der Waals surface area (Å²) >= 11 is 5.08. The number of thiocarbonyl (C=S) groups is 1. The number of carbonyl (C=O) groups excluding carboxylic acids is 1. The summed E-state index contributed by atoms with van der Waals surface area (Å²) in [7, 11) is -2.01. The van der Waals surface area contributed by atoms with E-state index < -0.39 is 24.4 Å². The zero-order chi connectivity index (χ0) is 20.3. The van der Waals surface area contributed by atoms with Crippen LogP contribution in [0.5, 0.6) is 5.75 Å². The molecule has 0 atom stereocenters. The number of nitrogens with two attached hydrogens (primary N) is 1. The maximum absolute atomic E-state index is 16.5. The first-order valence-electron chi connectivity index (χ1n) is 8.30. The molecule has 0 radical (unpaired) electrons. The third-order valence-electron chi connectivity index (χ3n) is 4.19. The molecule has 6 nitrogen and oxygen atoms in total. The highest BCUT2D eigenvalue weighted by atomic mass is 32.1. The van der Waals surface area contributed by atoms with E-state index in [0.29, 0.717) is 16.8 Å². The van der Waals surface area contributed by atoms with Crippen molar-refractivity contribution >= 4 is 42.6 Å². The molecule has 0 aliphatic heterocycles. The number of carbonyl (C=O) groups is 1. The van der Waals surface area contributed by atoms with Gasteiger partial charge in [0, 0.05) is 17.4 Å². The summed E-state index contributed by atoms with van der Waals surface area (Å²) in [4.78, 5) is 15.1. The zero-order valence-electron chi connectivity index (χ0n) is 16.5. The van der Waals surface area contributed by atoms with Gasteiger partial charge >= 0.3 is 0 Å². The van der Waals surface area contributed by atoms with E-state index in [-0.39, 0.29) is 11.7 Å². The summed E-state index contributed by atoms with van der Waals surface area (Å²) in [6, 6.07) is 1.62. The number of pyridine rings is 1. The molecular weight excluding hydrogens is 371 g/mol. The van der Waals surface area contributed by atoms with Crippen molar-refractivity contribution in [2.24, 2.45) is 5.73 Å². The van der Waals surface area contributed by atoms with Gasteiger partial charge < -0.3 is 25.2 Å². The number of methoxy groups -OCH3 is 1. The monoisotopic (exact) mass is 400 g/mol. The smallest absolute Gasteiger partial charge is 0.293 e. The summed E-state index contributed by atoms with van der Waals surface area (Å²) in [6.45, 7) is 11.4. The van der Waals surface area contributed by atoms with E-state index in [0.717, 1.165) is 0 Å². The molecule has 1 amide bonds. The van der Waals surface area contributed by atoms with Crippen LogP contribution in [0.3, 0.4) is 0 Å². The lowest BCUT2D eigenvalue weighted by atomic mass is 10.2. The molecule has 1 heterocycles. The van der Waals surface area contributed by atoms with E-state index in [4.69, 9.17) is 22.7 Å². The van der Waals surface area contributed by atoms with Gasteiger partial charge in [0.2, 0.25) is 5.91 Å². The highest BCUT2D eigenvalue weighted by molar-refractivity contribution is 7.80. The Hall–Kier alpha value is -1.74. The summed E-state index contributed by atoms with van der Waals surface area (Å²) < 4.78 is 22.0. The average Bonchev–Trinajstić information content (AvgIpc) is 2.49. The highest BCUT2D eigenvalue weighted by Crippen LogP contribution is 2.52. The van der Waals surface area contributed by atoms with E-state index in [1.54, 1.807) is 6.07 Å². The van der Waals surface area contributed by atoms with Crippen molar-refractivity contribution in [2.75, 3.05) is 19.0 Å². The van der Waals surface area contributed by atoms with Crippen molar-refractivity contribution in [3.05, 3.63) is 12.3 Å². The molecule has 9 heteroatoms. The Kier molecular flexibility index (Phi) is 6.75. The molecule has 1 aromatic rings. The molecular formula is C17H29FN4O2SSi. The molecule has 0 aromatic carbocycles. The van der Waals surface area contributed by atoms with Crippen LogP contribution in [0.25, 0.3) is 0 Å². The lowest BCUT2D eigenvalue weighted by molar-refractivity contribution is -0.116. The first-order valence-corrected chi connectivity index (χ1v) is 10.6. The van der Waals surface area contributed by atoms with Crippen LogP contribution >= 0.6 is 12.2 Å². The van der Waals surface area contributed by atoms with Gasteiger partial charge in [0.15, 0.2) is 5.11 Å². The molecule has 26 heavy (non-hydrogen) atoms. The molecule has 0 saturated carbocycles. The van der Waals surface area contributed by atoms with Crippen LogP contribution in [0, 0.1) is 0 Å². The first-order chi connectivity index (χ1) is 11.7. The third-order valence-corrected chi connectivity index (χ3v) is 9.69. The van der Waals surface area contributed by atoms with Gasteiger partial charge in [-0.1, -0.05) is 41.5 Å². The predicted molar refractivity (Wildman–Crippen MR) is 110 cm³/mol. The van der Waals surface area contributed by atoms with E-state index >= 15 is 4.11 Å². The van der Waals surface area contributed by atoms with Crippen LogP contribution in [0.1, 0.15) is 41.5 Å². The largest absolute Gasteiger partial charge is 0.497 e. The minimum Gasteiger partial charge on any atom is -0.497 e. The van der Waals surface area contributed by atoms with Crippen LogP contribution in [0.4, 0.5) is 9.93 Å². The number of nitrogens with one attached hydrogen (secondary N) is 2. The fourth-order valence-electron chi connectivity index (χ4n) is 3.19. The summed E-state index contributed by atoms with van der Waals surface area (Å²) in [5, 5.41) is 5.12. The number of hydrogen-bond acceptors (Lipinski definition) is 4. The van der Waals surface area contributed by atoms with Gasteiger partial charge in [0.25, 0.3) is 8.41 Å². The van der Waals surface area contributed by atoms with Gasteiger partial charge in [-0.15, -0.1) is 0 Å². The molecule has 0 spiro atoms. The van der Waals surface area contributed by atoms with Gasteiger partial charge in [-0.2, -0.15) is 0 Å². The van der Waals surface area contributed by atoms with Crippen molar-refractivity contribution in [1.29, 1.82) is 0 Å². The Morgan fingerprint density at radius 3 is 2.27 bits per heavy atom. The van der Waals surface area contributed by atoms with Crippen molar-refractivity contribution in [2.45, 2.75) is 51.6 Å². The van der Waals surface area contributed by atoms with Crippen molar-refractivity contribution in [1.82, 2.24) is 10.3 Å². The molecule has 146 valence electrons. The van der Waals surface area contributed by atoms with Crippen LogP contribution in [0.15, 0.2) is 12.3 Å². The van der Waals surface area contributed by atoms with Gasteiger partial charge in [-0.25, -0.2) is 4.98 Å². The van der Waals surface area contributed by atoms with Gasteiger partial charge in [0.05, 0.1) is 13.7 Å². The Balaban J connectivity index is 3.27. The molecule has 0 bridgehead atoms. The number of aromatic nitrogens is 1. The van der Waals surface area contributed by atoms with Crippen molar-refractivity contribution in [3.63, 3.8) is 0 Å². The maximum Gasteiger partial charge on any atom is 0.293 e. The quantitative estimate of drug-likeness (QED) is 0.400. The molecule has 1 aromatic heterocycles. The van der Waals surface area contributed by atoms with Crippen LogP contribution in [-0.2, 0) is 4.79 Å². The van der Waals surface area contributed by atoms with E-state index in [2.05, 4.69) is 15.6 Å². The molecule has 0 aliphatic carbocycles. The topological polar surface area (TPSA) is 89.3 Å². The normalized spacial score (nSPS) is 12.5. The predicted octanol–water partition coefficient (Wildman–Crippen LogP) is 2.58.